The zero-order valence-corrected chi connectivity index (χ0v) is 16.6. The van der Waals surface area contributed by atoms with Crippen molar-refractivity contribution in [2.45, 2.75) is 19.4 Å². The van der Waals surface area contributed by atoms with E-state index < -0.39 is 0 Å². The lowest BCUT2D eigenvalue weighted by atomic mass is 10.1. The van der Waals surface area contributed by atoms with E-state index in [1.807, 2.05) is 30.3 Å². The molecule has 3 aromatic rings. The molecule has 0 amide bonds. The second-order valence-electron chi connectivity index (χ2n) is 5.89. The number of benzene rings is 3. The standard InChI is InChI=1S/C21H18BrClO3/c1-25-20(24)10-9-14-11-18(22)21(19(23)12-14)26-13-16-7-4-6-15-5-2-3-8-17(15)16/h2-8,11-12H,9-10,13H2,1H3. The van der Waals surface area contributed by atoms with Crippen molar-refractivity contribution < 1.29 is 14.3 Å². The molecule has 0 aromatic heterocycles. The van der Waals surface area contributed by atoms with Gasteiger partial charge in [0.25, 0.3) is 0 Å². The van der Waals surface area contributed by atoms with Gasteiger partial charge in [-0.1, -0.05) is 54.1 Å². The lowest BCUT2D eigenvalue weighted by Crippen LogP contribution is -2.02. The van der Waals surface area contributed by atoms with Gasteiger partial charge in [-0.3, -0.25) is 4.79 Å². The number of fused-ring (bicyclic) bond motifs is 1. The summed E-state index contributed by atoms with van der Waals surface area (Å²) < 4.78 is 11.4. The first-order valence-electron chi connectivity index (χ1n) is 8.22. The third-order valence-electron chi connectivity index (χ3n) is 4.16. The minimum atomic E-state index is -0.242. The quantitative estimate of drug-likeness (QED) is 0.451. The van der Waals surface area contributed by atoms with Gasteiger partial charge in [-0.2, -0.15) is 0 Å². The molecule has 0 saturated heterocycles. The SMILES string of the molecule is COC(=O)CCc1cc(Cl)c(OCc2cccc3ccccc23)c(Br)c1. The molecule has 26 heavy (non-hydrogen) atoms. The largest absolute Gasteiger partial charge is 0.486 e. The fourth-order valence-electron chi connectivity index (χ4n) is 2.81. The molecule has 0 aliphatic carbocycles. The van der Waals surface area contributed by atoms with Crippen LogP contribution in [-0.4, -0.2) is 13.1 Å². The molecule has 0 spiro atoms. The second-order valence-corrected chi connectivity index (χ2v) is 7.15. The predicted octanol–water partition coefficient (Wildman–Crippen LogP) is 5.94. The van der Waals surface area contributed by atoms with E-state index in [1.165, 1.54) is 12.5 Å². The van der Waals surface area contributed by atoms with Gasteiger partial charge in [0.05, 0.1) is 16.6 Å². The van der Waals surface area contributed by atoms with Crippen LogP contribution in [0.4, 0.5) is 0 Å². The minimum Gasteiger partial charge on any atom is -0.486 e. The van der Waals surface area contributed by atoms with E-state index in [0.29, 0.717) is 30.2 Å². The Morgan fingerprint density at radius 1 is 1.12 bits per heavy atom. The van der Waals surface area contributed by atoms with Crippen molar-refractivity contribution in [3.63, 3.8) is 0 Å². The zero-order valence-electron chi connectivity index (χ0n) is 14.3. The fraction of sp³-hybridized carbons (Fsp3) is 0.190. The maximum atomic E-state index is 11.3. The van der Waals surface area contributed by atoms with Gasteiger partial charge in [-0.05, 0) is 56.4 Å². The molecule has 0 atom stereocenters. The van der Waals surface area contributed by atoms with E-state index in [-0.39, 0.29) is 5.97 Å². The highest BCUT2D eigenvalue weighted by Crippen LogP contribution is 2.35. The van der Waals surface area contributed by atoms with Crippen molar-refractivity contribution in [2.24, 2.45) is 0 Å². The number of aryl methyl sites for hydroxylation is 1. The third kappa shape index (κ3) is 4.37. The number of esters is 1. The van der Waals surface area contributed by atoms with Gasteiger partial charge < -0.3 is 9.47 Å². The van der Waals surface area contributed by atoms with Gasteiger partial charge in [0.15, 0.2) is 5.75 Å². The Morgan fingerprint density at radius 3 is 2.65 bits per heavy atom. The molecule has 0 fully saturated rings. The number of carbonyl (C=O) groups is 1. The topological polar surface area (TPSA) is 35.5 Å². The number of hydrogen-bond acceptors (Lipinski definition) is 3. The van der Waals surface area contributed by atoms with Crippen LogP contribution in [0.25, 0.3) is 10.8 Å². The van der Waals surface area contributed by atoms with E-state index >= 15 is 0 Å². The summed E-state index contributed by atoms with van der Waals surface area (Å²) in [4.78, 5) is 11.3. The summed E-state index contributed by atoms with van der Waals surface area (Å²) in [7, 11) is 1.38. The molecule has 0 aliphatic heterocycles. The fourth-order valence-corrected chi connectivity index (χ4v) is 3.84. The van der Waals surface area contributed by atoms with Crippen molar-refractivity contribution in [3.05, 3.63) is 75.2 Å². The van der Waals surface area contributed by atoms with Crippen molar-refractivity contribution in [1.82, 2.24) is 0 Å². The number of carbonyl (C=O) groups excluding carboxylic acids is 1. The predicted molar refractivity (Wildman–Crippen MR) is 108 cm³/mol. The molecule has 3 nitrogen and oxygen atoms in total. The number of hydrogen-bond donors (Lipinski definition) is 0. The summed E-state index contributed by atoms with van der Waals surface area (Å²) in [6.45, 7) is 0.418. The molecule has 3 rings (SSSR count). The minimum absolute atomic E-state index is 0.242. The average molecular weight is 434 g/mol. The van der Waals surface area contributed by atoms with Gasteiger partial charge in [0, 0.05) is 6.42 Å². The summed E-state index contributed by atoms with van der Waals surface area (Å²) in [5.74, 6) is 0.356. The molecule has 134 valence electrons. The Labute approximate surface area is 166 Å². The average Bonchev–Trinajstić information content (AvgIpc) is 2.65. The van der Waals surface area contributed by atoms with Crippen LogP contribution in [0.1, 0.15) is 17.5 Å². The van der Waals surface area contributed by atoms with Crippen LogP contribution in [0, 0.1) is 0 Å². The van der Waals surface area contributed by atoms with E-state index in [1.54, 1.807) is 0 Å². The summed E-state index contributed by atoms with van der Waals surface area (Å²) in [5, 5.41) is 2.85. The van der Waals surface area contributed by atoms with Crippen LogP contribution >= 0.6 is 27.5 Å². The smallest absolute Gasteiger partial charge is 0.305 e. The van der Waals surface area contributed by atoms with Crippen LogP contribution in [0.3, 0.4) is 0 Å². The molecular formula is C21H18BrClO3. The van der Waals surface area contributed by atoms with E-state index in [4.69, 9.17) is 16.3 Å². The second kappa shape index (κ2) is 8.56. The Kier molecular flexibility index (Phi) is 6.17. The first-order valence-corrected chi connectivity index (χ1v) is 9.39. The van der Waals surface area contributed by atoms with Crippen molar-refractivity contribution in [1.29, 1.82) is 0 Å². The summed E-state index contributed by atoms with van der Waals surface area (Å²) >= 11 is 9.92. The van der Waals surface area contributed by atoms with Crippen LogP contribution in [0.2, 0.25) is 5.02 Å². The molecule has 5 heteroatoms. The monoisotopic (exact) mass is 432 g/mol. The van der Waals surface area contributed by atoms with Gasteiger partial charge in [-0.25, -0.2) is 0 Å². The van der Waals surface area contributed by atoms with Gasteiger partial charge >= 0.3 is 5.97 Å². The highest BCUT2D eigenvalue weighted by atomic mass is 79.9. The Bertz CT molecular complexity index is 911. The first kappa shape index (κ1) is 18.7. The molecule has 0 N–H and O–H groups in total. The van der Waals surface area contributed by atoms with Crippen molar-refractivity contribution >= 4 is 44.3 Å². The van der Waals surface area contributed by atoms with E-state index in [2.05, 4.69) is 44.9 Å². The Balaban J connectivity index is 1.76. The number of methoxy groups -OCH3 is 1. The number of ether oxygens (including phenoxy) is 2. The molecular weight excluding hydrogens is 416 g/mol. The van der Waals surface area contributed by atoms with E-state index in [0.717, 1.165) is 21.0 Å². The first-order chi connectivity index (χ1) is 12.6. The molecule has 0 saturated carbocycles. The lowest BCUT2D eigenvalue weighted by Gasteiger charge is -2.13. The molecule has 0 heterocycles. The summed E-state index contributed by atoms with van der Waals surface area (Å²) in [6, 6.07) is 18.1. The molecule has 0 bridgehead atoms. The number of rotatable bonds is 6. The van der Waals surface area contributed by atoms with Crippen molar-refractivity contribution in [2.75, 3.05) is 7.11 Å². The molecule has 0 unspecified atom stereocenters. The highest BCUT2D eigenvalue weighted by Gasteiger charge is 2.12. The van der Waals surface area contributed by atoms with Crippen LogP contribution in [0.15, 0.2) is 59.1 Å². The van der Waals surface area contributed by atoms with Gasteiger partial charge in [0.2, 0.25) is 0 Å². The Morgan fingerprint density at radius 2 is 1.88 bits per heavy atom. The molecule has 0 radical (unpaired) electrons. The Hall–Kier alpha value is -2.04. The highest BCUT2D eigenvalue weighted by molar-refractivity contribution is 9.10. The van der Waals surface area contributed by atoms with Gasteiger partial charge in [-0.15, -0.1) is 0 Å². The maximum absolute atomic E-state index is 11.3. The van der Waals surface area contributed by atoms with Crippen LogP contribution in [-0.2, 0) is 22.6 Å². The summed E-state index contributed by atoms with van der Waals surface area (Å²) in [5.41, 5.74) is 2.05. The van der Waals surface area contributed by atoms with Crippen LogP contribution < -0.4 is 4.74 Å². The van der Waals surface area contributed by atoms with Crippen molar-refractivity contribution in [3.8, 4) is 5.75 Å². The van der Waals surface area contributed by atoms with E-state index in [9.17, 15) is 4.79 Å². The lowest BCUT2D eigenvalue weighted by molar-refractivity contribution is -0.140. The summed E-state index contributed by atoms with van der Waals surface area (Å²) in [6.07, 6.45) is 0.879. The normalized spacial score (nSPS) is 10.7. The zero-order chi connectivity index (χ0) is 18.5. The van der Waals surface area contributed by atoms with Gasteiger partial charge in [0.1, 0.15) is 6.61 Å². The van der Waals surface area contributed by atoms with Crippen LogP contribution in [0.5, 0.6) is 5.75 Å². The number of halogens is 2. The molecule has 3 aromatic carbocycles. The third-order valence-corrected chi connectivity index (χ3v) is 5.03. The molecule has 0 aliphatic rings. The maximum Gasteiger partial charge on any atom is 0.305 e.